The van der Waals surface area contributed by atoms with Crippen molar-refractivity contribution in [2.45, 2.75) is 24.2 Å². The van der Waals surface area contributed by atoms with E-state index >= 15 is 0 Å². The van der Waals surface area contributed by atoms with E-state index in [4.69, 9.17) is 21.7 Å². The number of anilines is 1. The number of hydrogen-bond acceptors (Lipinski definition) is 9. The molecule has 0 atom stereocenters. The number of thiocarbonyl (C=S) groups is 1. The first-order chi connectivity index (χ1) is 21.2. The molecule has 0 spiro atoms. The molecule has 2 saturated heterocycles. The molecule has 0 aromatic heterocycles. The van der Waals surface area contributed by atoms with Gasteiger partial charge in [-0.2, -0.15) is 0 Å². The van der Waals surface area contributed by atoms with Gasteiger partial charge < -0.3 is 19.3 Å². The van der Waals surface area contributed by atoms with E-state index in [1.165, 1.54) is 36.6 Å². The second kappa shape index (κ2) is 14.7. The molecule has 0 aliphatic carbocycles. The van der Waals surface area contributed by atoms with Crippen molar-refractivity contribution in [1.82, 2.24) is 9.80 Å². The molecule has 0 radical (unpaired) electrons. The number of rotatable bonds is 12. The smallest absolute Gasteiger partial charge is 0.270 e. The first-order valence-corrected chi connectivity index (χ1v) is 17.8. The van der Waals surface area contributed by atoms with Crippen LogP contribution in [0.5, 0.6) is 17.2 Å². The number of thioether (sulfide) groups is 1. The van der Waals surface area contributed by atoms with Crippen molar-refractivity contribution >= 4 is 55.8 Å². The van der Waals surface area contributed by atoms with Crippen LogP contribution in [0.1, 0.15) is 24.8 Å². The number of piperazine rings is 1. The lowest BCUT2D eigenvalue weighted by atomic mass is 10.2. The second-order valence-corrected chi connectivity index (χ2v) is 14.7. The first-order valence-electron chi connectivity index (χ1n) is 14.7. The maximum Gasteiger partial charge on any atom is 0.270 e. The van der Waals surface area contributed by atoms with Crippen molar-refractivity contribution in [3.63, 3.8) is 0 Å². The maximum atomic E-state index is 13.4. The van der Waals surface area contributed by atoms with E-state index in [9.17, 15) is 13.2 Å². The fraction of sp³-hybridized carbons (Fsp3) is 0.333. The highest BCUT2D eigenvalue weighted by Gasteiger charge is 2.33. The Morgan fingerprint density at radius 1 is 0.886 bits per heavy atom. The lowest BCUT2D eigenvalue weighted by Crippen LogP contribution is -2.44. The molecule has 3 aromatic rings. The molecule has 1 amide bonds. The number of benzene rings is 3. The molecule has 2 aliphatic heterocycles. The van der Waals surface area contributed by atoms with Crippen LogP contribution in [0, 0.1) is 0 Å². The standard InChI is InChI=1S/C33H37N3O5S3/c1-34-18-20-35(21-19-34)17-4-3-5-22-40-29-8-6-7-26(24-29)36-32(37)31(43-33(36)42)23-25-9-11-27(12-10-25)41-28-13-15-30(16-14-28)44(2,38)39/h6-16,23-24H,3-5,17-22H2,1-2H3. The van der Waals surface area contributed by atoms with Gasteiger partial charge in [-0.1, -0.05) is 42.2 Å². The molecule has 8 nitrogen and oxygen atoms in total. The van der Waals surface area contributed by atoms with Gasteiger partial charge in [0.2, 0.25) is 0 Å². The molecule has 0 saturated carbocycles. The van der Waals surface area contributed by atoms with Gasteiger partial charge >= 0.3 is 0 Å². The molecule has 44 heavy (non-hydrogen) atoms. The molecule has 0 unspecified atom stereocenters. The fourth-order valence-corrected chi connectivity index (χ4v) is 6.88. The summed E-state index contributed by atoms with van der Waals surface area (Å²) in [6.07, 6.45) is 6.26. The van der Waals surface area contributed by atoms with Crippen LogP contribution >= 0.6 is 24.0 Å². The van der Waals surface area contributed by atoms with Crippen LogP contribution in [0.3, 0.4) is 0 Å². The maximum absolute atomic E-state index is 13.4. The Morgan fingerprint density at radius 2 is 1.57 bits per heavy atom. The minimum Gasteiger partial charge on any atom is -0.494 e. The number of ether oxygens (including phenoxy) is 2. The van der Waals surface area contributed by atoms with Gasteiger partial charge in [-0.25, -0.2) is 8.42 Å². The van der Waals surface area contributed by atoms with Gasteiger partial charge in [-0.05, 0) is 93.0 Å². The van der Waals surface area contributed by atoms with Gasteiger partial charge in [-0.15, -0.1) is 0 Å². The zero-order valence-electron chi connectivity index (χ0n) is 25.0. The summed E-state index contributed by atoms with van der Waals surface area (Å²) in [4.78, 5) is 20.6. The predicted octanol–water partition coefficient (Wildman–Crippen LogP) is 6.08. The Morgan fingerprint density at radius 3 is 2.25 bits per heavy atom. The van der Waals surface area contributed by atoms with Crippen molar-refractivity contribution in [3.05, 3.63) is 83.3 Å². The molecule has 2 aliphatic rings. The average Bonchev–Trinajstić information content (AvgIpc) is 3.28. The number of unbranched alkanes of at least 4 members (excludes halogenated alkanes) is 2. The van der Waals surface area contributed by atoms with Crippen molar-refractivity contribution in [3.8, 4) is 17.2 Å². The molecule has 232 valence electrons. The number of likely N-dealkylation sites (N-methyl/N-ethyl adjacent to an activating group) is 1. The number of sulfone groups is 1. The number of amides is 1. The van der Waals surface area contributed by atoms with Crippen LogP contribution in [0.4, 0.5) is 5.69 Å². The van der Waals surface area contributed by atoms with Gasteiger partial charge in [0.05, 0.1) is 22.1 Å². The van der Waals surface area contributed by atoms with Crippen LogP contribution in [0.25, 0.3) is 6.08 Å². The number of carbonyl (C=O) groups is 1. The lowest BCUT2D eigenvalue weighted by molar-refractivity contribution is -0.113. The molecule has 2 heterocycles. The first kappa shape index (κ1) is 32.2. The summed E-state index contributed by atoms with van der Waals surface area (Å²) < 4.78 is 35.7. The Hall–Kier alpha value is -3.22. The minimum absolute atomic E-state index is 0.174. The van der Waals surface area contributed by atoms with Gasteiger partial charge in [-0.3, -0.25) is 9.69 Å². The normalized spacial score (nSPS) is 17.4. The molecule has 0 bridgehead atoms. The van der Waals surface area contributed by atoms with E-state index in [0.29, 0.717) is 33.0 Å². The van der Waals surface area contributed by atoms with Gasteiger partial charge in [0.15, 0.2) is 14.2 Å². The van der Waals surface area contributed by atoms with Gasteiger partial charge in [0.25, 0.3) is 5.91 Å². The highest BCUT2D eigenvalue weighted by Crippen LogP contribution is 2.37. The zero-order valence-corrected chi connectivity index (χ0v) is 27.4. The minimum atomic E-state index is -3.27. The third-order valence-corrected chi connectivity index (χ3v) is 9.95. The molecule has 3 aromatic carbocycles. The van der Waals surface area contributed by atoms with Crippen LogP contribution in [-0.4, -0.2) is 81.1 Å². The van der Waals surface area contributed by atoms with Crippen molar-refractivity contribution in [1.29, 1.82) is 0 Å². The summed E-state index contributed by atoms with van der Waals surface area (Å²) in [5.74, 6) is 1.67. The summed E-state index contributed by atoms with van der Waals surface area (Å²) >= 11 is 6.85. The van der Waals surface area contributed by atoms with Crippen molar-refractivity contribution < 1.29 is 22.7 Å². The van der Waals surface area contributed by atoms with Crippen LogP contribution < -0.4 is 14.4 Å². The van der Waals surface area contributed by atoms with E-state index in [0.717, 1.165) is 56.9 Å². The van der Waals surface area contributed by atoms with Gasteiger partial charge in [0, 0.05) is 38.5 Å². The Kier molecular flexibility index (Phi) is 10.8. The zero-order chi connectivity index (χ0) is 31.1. The van der Waals surface area contributed by atoms with Crippen LogP contribution in [-0.2, 0) is 14.6 Å². The third-order valence-electron chi connectivity index (χ3n) is 7.52. The Balaban J connectivity index is 1.12. The molecule has 5 rings (SSSR count). The molecule has 11 heteroatoms. The summed E-state index contributed by atoms with van der Waals surface area (Å²) in [6, 6.07) is 21.1. The van der Waals surface area contributed by atoms with Crippen molar-refractivity contribution in [2.75, 3.05) is 57.5 Å². The lowest BCUT2D eigenvalue weighted by Gasteiger charge is -2.32. The largest absolute Gasteiger partial charge is 0.494 e. The van der Waals surface area contributed by atoms with Gasteiger partial charge in [0.1, 0.15) is 17.2 Å². The monoisotopic (exact) mass is 651 g/mol. The SMILES string of the molecule is CN1CCN(CCCCCOc2cccc(N3C(=O)C(=Cc4ccc(Oc5ccc(S(C)(=O)=O)cc5)cc4)SC3=S)c2)CC1. The summed E-state index contributed by atoms with van der Waals surface area (Å²) in [6.45, 7) is 6.38. The molecule has 0 N–H and O–H groups in total. The molecule has 2 fully saturated rings. The average molecular weight is 652 g/mol. The van der Waals surface area contributed by atoms with E-state index in [1.807, 2.05) is 42.5 Å². The summed E-state index contributed by atoms with van der Waals surface area (Å²) in [5.41, 5.74) is 1.52. The summed E-state index contributed by atoms with van der Waals surface area (Å²) in [7, 11) is -1.09. The van der Waals surface area contributed by atoms with E-state index in [1.54, 1.807) is 29.2 Å². The summed E-state index contributed by atoms with van der Waals surface area (Å²) in [5, 5.41) is 0. The quantitative estimate of drug-likeness (QED) is 0.131. The van der Waals surface area contributed by atoms with E-state index in [-0.39, 0.29) is 10.8 Å². The van der Waals surface area contributed by atoms with E-state index < -0.39 is 9.84 Å². The molecular formula is C33H37N3O5S3. The van der Waals surface area contributed by atoms with Crippen LogP contribution in [0.15, 0.2) is 82.6 Å². The third kappa shape index (κ3) is 8.70. The highest BCUT2D eigenvalue weighted by atomic mass is 32.2. The Bertz CT molecular complexity index is 1600. The van der Waals surface area contributed by atoms with Crippen LogP contribution in [0.2, 0.25) is 0 Å². The number of hydrogen-bond donors (Lipinski definition) is 0. The van der Waals surface area contributed by atoms with Crippen molar-refractivity contribution in [2.24, 2.45) is 0 Å². The Labute approximate surface area is 269 Å². The number of carbonyl (C=O) groups excluding carboxylic acids is 1. The highest BCUT2D eigenvalue weighted by molar-refractivity contribution is 8.27. The predicted molar refractivity (Wildman–Crippen MR) is 181 cm³/mol. The second-order valence-electron chi connectivity index (χ2n) is 11.0. The topological polar surface area (TPSA) is 79.4 Å². The van der Waals surface area contributed by atoms with E-state index in [2.05, 4.69) is 16.8 Å². The molecular weight excluding hydrogens is 615 g/mol. The number of nitrogens with zero attached hydrogens (tertiary/aromatic N) is 3. The fourth-order valence-electron chi connectivity index (χ4n) is 4.95.